The van der Waals surface area contributed by atoms with Gasteiger partial charge in [0.15, 0.2) is 0 Å². The third-order valence-corrected chi connectivity index (χ3v) is 5.75. The minimum absolute atomic E-state index is 0.0269. The number of aromatic nitrogens is 1. The van der Waals surface area contributed by atoms with Crippen LogP contribution in [0.3, 0.4) is 0 Å². The number of pyridine rings is 1. The van der Waals surface area contributed by atoms with Crippen molar-refractivity contribution < 1.29 is 9.18 Å². The van der Waals surface area contributed by atoms with Gasteiger partial charge >= 0.3 is 0 Å². The summed E-state index contributed by atoms with van der Waals surface area (Å²) in [7, 11) is 0. The molecule has 2 aromatic rings. The number of hydrogen-bond acceptors (Lipinski definition) is 3. The monoisotopic (exact) mass is 399 g/mol. The van der Waals surface area contributed by atoms with E-state index in [0.29, 0.717) is 11.1 Å². The minimum Gasteiger partial charge on any atom is -0.336 e. The molecule has 1 N–H and O–H groups in total. The van der Waals surface area contributed by atoms with Crippen molar-refractivity contribution in [3.63, 3.8) is 0 Å². The van der Waals surface area contributed by atoms with Gasteiger partial charge in [0.05, 0.1) is 11.1 Å². The van der Waals surface area contributed by atoms with Crippen molar-refractivity contribution in [2.45, 2.75) is 84.3 Å². The first-order chi connectivity index (χ1) is 13.5. The molecule has 2 heterocycles. The highest BCUT2D eigenvalue weighted by Crippen LogP contribution is 2.33. The number of piperidine rings is 1. The van der Waals surface area contributed by atoms with Gasteiger partial charge in [0, 0.05) is 40.8 Å². The average Bonchev–Trinajstić information content (AvgIpc) is 2.58. The van der Waals surface area contributed by atoms with E-state index in [0.717, 1.165) is 43.3 Å². The molecule has 1 aromatic heterocycles. The molecule has 0 saturated carbocycles. The van der Waals surface area contributed by atoms with Gasteiger partial charge in [0.1, 0.15) is 5.82 Å². The van der Waals surface area contributed by atoms with E-state index in [-0.39, 0.29) is 28.8 Å². The predicted molar refractivity (Wildman–Crippen MR) is 117 cm³/mol. The van der Waals surface area contributed by atoms with Gasteiger partial charge in [0.2, 0.25) is 0 Å². The fourth-order valence-corrected chi connectivity index (χ4v) is 4.93. The van der Waals surface area contributed by atoms with Crippen molar-refractivity contribution in [2.24, 2.45) is 0 Å². The number of nitrogens with one attached hydrogen (secondary N) is 1. The second kappa shape index (κ2) is 8.02. The van der Waals surface area contributed by atoms with E-state index < -0.39 is 0 Å². The molecule has 0 radical (unpaired) electrons. The van der Waals surface area contributed by atoms with Gasteiger partial charge in [-0.2, -0.15) is 0 Å². The Hall–Kier alpha value is -2.01. The van der Waals surface area contributed by atoms with Crippen molar-refractivity contribution in [2.75, 3.05) is 6.54 Å². The molecule has 1 fully saturated rings. The third-order valence-electron chi connectivity index (χ3n) is 5.75. The quantitative estimate of drug-likeness (QED) is 0.748. The van der Waals surface area contributed by atoms with Crippen LogP contribution in [0, 0.1) is 12.7 Å². The fraction of sp³-hybridized carbons (Fsp3) is 0.583. The van der Waals surface area contributed by atoms with Crippen molar-refractivity contribution in [1.82, 2.24) is 15.2 Å². The number of carbonyl (C=O) groups excluding carboxylic acids is 1. The normalized spacial score (nSPS) is 18.7. The van der Waals surface area contributed by atoms with Crippen LogP contribution < -0.4 is 5.32 Å². The first-order valence-electron chi connectivity index (χ1n) is 10.7. The maximum Gasteiger partial charge on any atom is 0.254 e. The van der Waals surface area contributed by atoms with Crippen LogP contribution in [0.25, 0.3) is 10.9 Å². The summed E-state index contributed by atoms with van der Waals surface area (Å²) < 4.78 is 13.7. The summed E-state index contributed by atoms with van der Waals surface area (Å²) in [5.41, 5.74) is 1.80. The van der Waals surface area contributed by atoms with Gasteiger partial charge in [-0.3, -0.25) is 9.78 Å². The molecular formula is C24H34FN3O. The molecule has 1 aromatic carbocycles. The van der Waals surface area contributed by atoms with Crippen molar-refractivity contribution >= 4 is 16.8 Å². The second-order valence-electron chi connectivity index (χ2n) is 9.78. The van der Waals surface area contributed by atoms with Crippen molar-refractivity contribution in [1.29, 1.82) is 0 Å². The van der Waals surface area contributed by atoms with Crippen molar-refractivity contribution in [3.8, 4) is 0 Å². The summed E-state index contributed by atoms with van der Waals surface area (Å²) in [4.78, 5) is 20.3. The van der Waals surface area contributed by atoms with Crippen LogP contribution in [0.2, 0.25) is 0 Å². The number of benzene rings is 1. The fourth-order valence-electron chi connectivity index (χ4n) is 4.93. The summed E-state index contributed by atoms with van der Waals surface area (Å²) in [5.74, 6) is -0.308. The molecule has 3 rings (SSSR count). The van der Waals surface area contributed by atoms with Crippen LogP contribution in [-0.4, -0.2) is 39.5 Å². The van der Waals surface area contributed by atoms with Gasteiger partial charge in [0.25, 0.3) is 5.91 Å². The Bertz CT molecular complexity index is 885. The van der Waals surface area contributed by atoms with Crippen LogP contribution in [0.1, 0.15) is 76.4 Å². The van der Waals surface area contributed by atoms with Crippen LogP contribution in [-0.2, 0) is 0 Å². The summed E-state index contributed by atoms with van der Waals surface area (Å²) in [6, 6.07) is 6.50. The first-order valence-corrected chi connectivity index (χ1v) is 10.7. The standard InChI is InChI=1S/C24H34FN3O/c1-7-8-11-28(18-14-23(3,4)27-24(5,6)15-18)22(29)20-12-16(2)26-21-13-17(25)9-10-19(20)21/h9-10,12-13,18,27H,7-8,11,14-15H2,1-6H3. The number of hydrogen-bond donors (Lipinski definition) is 1. The number of nitrogens with zero attached hydrogens (tertiary/aromatic N) is 2. The molecule has 1 saturated heterocycles. The summed E-state index contributed by atoms with van der Waals surface area (Å²) in [6.45, 7) is 13.6. The lowest BCUT2D eigenvalue weighted by Gasteiger charge is -2.49. The number of halogens is 1. The Labute approximate surface area is 173 Å². The van der Waals surface area contributed by atoms with Gasteiger partial charge in [-0.1, -0.05) is 13.3 Å². The molecule has 1 aliphatic heterocycles. The Morgan fingerprint density at radius 2 is 1.86 bits per heavy atom. The smallest absolute Gasteiger partial charge is 0.254 e. The number of fused-ring (bicyclic) bond motifs is 1. The lowest BCUT2D eigenvalue weighted by molar-refractivity contribution is 0.0443. The zero-order chi connectivity index (χ0) is 21.4. The van der Waals surface area contributed by atoms with E-state index in [9.17, 15) is 9.18 Å². The molecule has 0 bridgehead atoms. The van der Waals surface area contributed by atoms with Gasteiger partial charge < -0.3 is 10.2 Å². The van der Waals surface area contributed by atoms with Gasteiger partial charge in [-0.05, 0) is 72.1 Å². The SMILES string of the molecule is CCCCN(C(=O)c1cc(C)nc2cc(F)ccc12)C1CC(C)(C)NC(C)(C)C1. The molecular weight excluding hydrogens is 365 g/mol. The van der Waals surface area contributed by atoms with E-state index in [1.165, 1.54) is 12.1 Å². The molecule has 0 unspecified atom stereocenters. The Kier molecular flexibility index (Phi) is 6.00. The first kappa shape index (κ1) is 21.7. The molecule has 4 nitrogen and oxygen atoms in total. The topological polar surface area (TPSA) is 45.2 Å². The van der Waals surface area contributed by atoms with Gasteiger partial charge in [-0.15, -0.1) is 0 Å². The largest absolute Gasteiger partial charge is 0.336 e. The zero-order valence-electron chi connectivity index (χ0n) is 18.6. The minimum atomic E-state index is -0.335. The van der Waals surface area contributed by atoms with Crippen LogP contribution in [0.15, 0.2) is 24.3 Å². The highest BCUT2D eigenvalue weighted by molar-refractivity contribution is 6.06. The third kappa shape index (κ3) is 4.95. The van der Waals surface area contributed by atoms with E-state index in [2.05, 4.69) is 49.8 Å². The number of rotatable bonds is 5. The molecule has 29 heavy (non-hydrogen) atoms. The Balaban J connectivity index is 2.04. The molecule has 0 aliphatic carbocycles. The van der Waals surface area contributed by atoms with Crippen LogP contribution in [0.5, 0.6) is 0 Å². The van der Waals surface area contributed by atoms with E-state index in [1.807, 2.05) is 13.0 Å². The lowest BCUT2D eigenvalue weighted by Crippen LogP contribution is -2.62. The number of amides is 1. The maximum absolute atomic E-state index is 13.8. The Morgan fingerprint density at radius 3 is 2.48 bits per heavy atom. The van der Waals surface area contributed by atoms with Crippen LogP contribution >= 0.6 is 0 Å². The molecule has 0 atom stereocenters. The zero-order valence-corrected chi connectivity index (χ0v) is 18.6. The number of unbranched alkanes of at least 4 members (excludes halogenated alkanes) is 1. The lowest BCUT2D eigenvalue weighted by atomic mass is 9.78. The van der Waals surface area contributed by atoms with E-state index >= 15 is 0 Å². The molecule has 5 heteroatoms. The summed E-state index contributed by atoms with van der Waals surface area (Å²) in [5, 5.41) is 4.43. The predicted octanol–water partition coefficient (Wildman–Crippen LogP) is 5.23. The second-order valence-corrected chi connectivity index (χ2v) is 9.78. The summed E-state index contributed by atoms with van der Waals surface area (Å²) in [6.07, 6.45) is 3.81. The number of carbonyl (C=O) groups is 1. The van der Waals surface area contributed by atoms with Gasteiger partial charge in [-0.25, -0.2) is 4.39 Å². The molecule has 1 amide bonds. The highest BCUT2D eigenvalue weighted by Gasteiger charge is 2.41. The molecule has 0 spiro atoms. The van der Waals surface area contributed by atoms with Crippen LogP contribution in [0.4, 0.5) is 4.39 Å². The van der Waals surface area contributed by atoms with Crippen molar-refractivity contribution in [3.05, 3.63) is 41.3 Å². The molecule has 158 valence electrons. The maximum atomic E-state index is 13.8. The number of aryl methyl sites for hydroxylation is 1. The summed E-state index contributed by atoms with van der Waals surface area (Å²) >= 11 is 0. The highest BCUT2D eigenvalue weighted by atomic mass is 19.1. The van der Waals surface area contributed by atoms with E-state index in [4.69, 9.17) is 0 Å². The average molecular weight is 400 g/mol. The molecule has 1 aliphatic rings. The van der Waals surface area contributed by atoms with E-state index in [1.54, 1.807) is 6.07 Å². The Morgan fingerprint density at radius 1 is 1.21 bits per heavy atom.